The summed E-state index contributed by atoms with van der Waals surface area (Å²) in [6.07, 6.45) is 3.52. The van der Waals surface area contributed by atoms with Gasteiger partial charge in [-0.2, -0.15) is 0 Å². The SMILES string of the molecule is COc1nc2ccc(Br)cc2cc1C(c1ccoc1)C(O)(CCN(C)C)c1cccc(F)c1. The molecule has 1 N–H and O–H groups in total. The molecule has 4 aromatic rings. The Hall–Kier alpha value is -2.74. The van der Waals surface area contributed by atoms with E-state index >= 15 is 0 Å². The number of hydrogen-bond donors (Lipinski definition) is 1. The van der Waals surface area contributed by atoms with Crippen molar-refractivity contribution in [3.8, 4) is 5.88 Å². The molecule has 0 aliphatic rings. The maximum absolute atomic E-state index is 14.3. The summed E-state index contributed by atoms with van der Waals surface area (Å²) >= 11 is 3.52. The predicted molar refractivity (Wildman–Crippen MR) is 130 cm³/mol. The highest BCUT2D eigenvalue weighted by molar-refractivity contribution is 9.10. The van der Waals surface area contributed by atoms with Gasteiger partial charge in [0.15, 0.2) is 0 Å². The minimum absolute atomic E-state index is 0.346. The lowest BCUT2D eigenvalue weighted by molar-refractivity contribution is 0.00339. The molecule has 7 heteroatoms. The van der Waals surface area contributed by atoms with Crippen LogP contribution in [0.15, 0.2) is 76.0 Å². The second kappa shape index (κ2) is 9.63. The zero-order chi connectivity index (χ0) is 23.6. The van der Waals surface area contributed by atoms with Crippen LogP contribution in [-0.4, -0.2) is 42.7 Å². The molecule has 2 aromatic carbocycles. The quantitative estimate of drug-likeness (QED) is 0.327. The van der Waals surface area contributed by atoms with E-state index in [-0.39, 0.29) is 0 Å². The summed E-state index contributed by atoms with van der Waals surface area (Å²) in [4.78, 5) is 6.71. The Morgan fingerprint density at radius 2 is 2.00 bits per heavy atom. The fourth-order valence-electron chi connectivity index (χ4n) is 4.28. The summed E-state index contributed by atoms with van der Waals surface area (Å²) in [6.45, 7) is 0.580. The number of furan rings is 1. The van der Waals surface area contributed by atoms with Gasteiger partial charge >= 0.3 is 0 Å². The van der Waals surface area contributed by atoms with E-state index in [1.54, 1.807) is 31.8 Å². The minimum Gasteiger partial charge on any atom is -0.481 e. The lowest BCUT2D eigenvalue weighted by Gasteiger charge is -2.38. The van der Waals surface area contributed by atoms with Gasteiger partial charge in [0.1, 0.15) is 11.4 Å². The standard InChI is InChI=1S/C26H26BrFN2O3/c1-30(2)11-10-26(31,19-5-4-6-21(28)15-19)24(17-9-12-33-16-17)22-14-18-13-20(27)7-8-23(18)29-25(22)32-3/h4-9,12-16,24,31H,10-11H2,1-3H3. The van der Waals surface area contributed by atoms with Crippen LogP contribution in [0.25, 0.3) is 10.9 Å². The Kier molecular flexibility index (Phi) is 6.83. The molecule has 0 bridgehead atoms. The van der Waals surface area contributed by atoms with Crippen LogP contribution in [0.4, 0.5) is 4.39 Å². The third-order valence-corrected chi connectivity index (χ3v) is 6.39. The molecule has 4 rings (SSSR count). The lowest BCUT2D eigenvalue weighted by Crippen LogP contribution is -2.37. The molecule has 2 heterocycles. The Balaban J connectivity index is 2.00. The zero-order valence-electron chi connectivity index (χ0n) is 18.8. The van der Waals surface area contributed by atoms with Gasteiger partial charge in [-0.15, -0.1) is 0 Å². The smallest absolute Gasteiger partial charge is 0.217 e. The first-order chi connectivity index (χ1) is 15.8. The number of rotatable bonds is 8. The van der Waals surface area contributed by atoms with Crippen LogP contribution in [0.5, 0.6) is 5.88 Å². The van der Waals surface area contributed by atoms with Crippen LogP contribution in [0.2, 0.25) is 0 Å². The minimum atomic E-state index is -1.47. The molecule has 0 amide bonds. The number of ether oxygens (including phenoxy) is 1. The zero-order valence-corrected chi connectivity index (χ0v) is 20.3. The molecule has 0 fully saturated rings. The van der Waals surface area contributed by atoms with E-state index in [0.29, 0.717) is 30.0 Å². The molecule has 0 aliphatic heterocycles. The van der Waals surface area contributed by atoms with Crippen molar-refractivity contribution in [2.24, 2.45) is 0 Å². The van der Waals surface area contributed by atoms with Crippen LogP contribution in [0.1, 0.15) is 29.0 Å². The third-order valence-electron chi connectivity index (χ3n) is 5.89. The molecule has 0 spiro atoms. The number of benzene rings is 2. The molecule has 2 unspecified atom stereocenters. The normalized spacial score (nSPS) is 14.4. The van der Waals surface area contributed by atoms with Crippen molar-refractivity contribution in [3.63, 3.8) is 0 Å². The summed E-state index contributed by atoms with van der Waals surface area (Å²) in [5.41, 5.74) is 1.22. The number of fused-ring (bicyclic) bond motifs is 1. The fourth-order valence-corrected chi connectivity index (χ4v) is 4.65. The second-order valence-electron chi connectivity index (χ2n) is 8.40. The number of pyridine rings is 1. The first-order valence-corrected chi connectivity index (χ1v) is 11.4. The van der Waals surface area contributed by atoms with Crippen molar-refractivity contribution < 1.29 is 18.7 Å². The van der Waals surface area contributed by atoms with Crippen LogP contribution < -0.4 is 4.74 Å². The fraction of sp³-hybridized carbons (Fsp3) is 0.269. The molecule has 33 heavy (non-hydrogen) atoms. The molecule has 0 saturated heterocycles. The van der Waals surface area contributed by atoms with E-state index in [0.717, 1.165) is 20.9 Å². The predicted octanol–water partition coefficient (Wildman–Crippen LogP) is 5.71. The van der Waals surface area contributed by atoms with E-state index in [1.165, 1.54) is 12.1 Å². The van der Waals surface area contributed by atoms with E-state index in [1.807, 2.05) is 49.3 Å². The highest BCUT2D eigenvalue weighted by Crippen LogP contribution is 2.47. The molecule has 0 aliphatic carbocycles. The number of aromatic nitrogens is 1. The van der Waals surface area contributed by atoms with Crippen molar-refractivity contribution >= 4 is 26.8 Å². The number of nitrogens with zero attached hydrogens (tertiary/aromatic N) is 2. The van der Waals surface area contributed by atoms with Gasteiger partial charge in [-0.05, 0) is 68.5 Å². The molecular formula is C26H26BrFN2O3. The number of hydrogen-bond acceptors (Lipinski definition) is 5. The van der Waals surface area contributed by atoms with E-state index < -0.39 is 17.3 Å². The molecule has 172 valence electrons. The largest absolute Gasteiger partial charge is 0.481 e. The van der Waals surface area contributed by atoms with Gasteiger partial charge in [0.05, 0.1) is 31.1 Å². The number of aliphatic hydroxyl groups is 1. The van der Waals surface area contributed by atoms with Crippen molar-refractivity contribution in [1.29, 1.82) is 0 Å². The van der Waals surface area contributed by atoms with Crippen molar-refractivity contribution in [2.45, 2.75) is 17.9 Å². The first kappa shape index (κ1) is 23.4. The highest BCUT2D eigenvalue weighted by Gasteiger charge is 2.43. The summed E-state index contributed by atoms with van der Waals surface area (Å²) in [5.74, 6) is -0.631. The number of methoxy groups -OCH3 is 1. The maximum atomic E-state index is 14.3. The second-order valence-corrected chi connectivity index (χ2v) is 9.32. The molecule has 0 saturated carbocycles. The summed E-state index contributed by atoms with van der Waals surface area (Å²) in [6, 6.07) is 15.7. The van der Waals surface area contributed by atoms with Crippen LogP contribution in [0, 0.1) is 5.82 Å². The monoisotopic (exact) mass is 512 g/mol. The van der Waals surface area contributed by atoms with Crippen LogP contribution >= 0.6 is 15.9 Å². The Morgan fingerprint density at radius 3 is 2.67 bits per heavy atom. The van der Waals surface area contributed by atoms with Gasteiger partial charge < -0.3 is 19.2 Å². The Labute approximate surface area is 200 Å². The third kappa shape index (κ3) is 4.81. The molecule has 2 aromatic heterocycles. The van der Waals surface area contributed by atoms with Gasteiger partial charge in [0.25, 0.3) is 0 Å². The first-order valence-electron chi connectivity index (χ1n) is 10.6. The van der Waals surface area contributed by atoms with Gasteiger partial charge in [0.2, 0.25) is 5.88 Å². The van der Waals surface area contributed by atoms with Gasteiger partial charge in [-0.25, -0.2) is 9.37 Å². The van der Waals surface area contributed by atoms with Crippen molar-refractivity contribution in [2.75, 3.05) is 27.7 Å². The maximum Gasteiger partial charge on any atom is 0.217 e. The Morgan fingerprint density at radius 1 is 1.18 bits per heavy atom. The van der Waals surface area contributed by atoms with Crippen molar-refractivity contribution in [3.05, 3.63) is 94.1 Å². The topological polar surface area (TPSA) is 58.7 Å². The molecule has 0 radical (unpaired) electrons. The van der Waals surface area contributed by atoms with E-state index in [4.69, 9.17) is 14.1 Å². The Bertz CT molecular complexity index is 1250. The summed E-state index contributed by atoms with van der Waals surface area (Å²) in [7, 11) is 5.44. The van der Waals surface area contributed by atoms with E-state index in [9.17, 15) is 9.50 Å². The van der Waals surface area contributed by atoms with Crippen LogP contribution in [-0.2, 0) is 5.60 Å². The molecular weight excluding hydrogens is 487 g/mol. The summed E-state index contributed by atoms with van der Waals surface area (Å²) in [5, 5.41) is 13.3. The average Bonchev–Trinajstić information content (AvgIpc) is 3.31. The summed E-state index contributed by atoms with van der Waals surface area (Å²) < 4.78 is 26.3. The average molecular weight is 513 g/mol. The number of halogens is 2. The van der Waals surface area contributed by atoms with Crippen molar-refractivity contribution in [1.82, 2.24) is 9.88 Å². The molecule has 2 atom stereocenters. The van der Waals surface area contributed by atoms with E-state index in [2.05, 4.69) is 15.9 Å². The van der Waals surface area contributed by atoms with Gasteiger partial charge in [-0.1, -0.05) is 28.1 Å². The molecule has 5 nitrogen and oxygen atoms in total. The van der Waals surface area contributed by atoms with Crippen LogP contribution in [0.3, 0.4) is 0 Å². The van der Waals surface area contributed by atoms with Gasteiger partial charge in [0, 0.05) is 27.5 Å². The highest BCUT2D eigenvalue weighted by atomic mass is 79.9. The van der Waals surface area contributed by atoms with Gasteiger partial charge in [-0.3, -0.25) is 0 Å². The lowest BCUT2D eigenvalue weighted by atomic mass is 9.72.